The highest BCUT2D eigenvalue weighted by atomic mass is 79.9. The van der Waals surface area contributed by atoms with Gasteiger partial charge in [-0.1, -0.05) is 59.8 Å². The van der Waals surface area contributed by atoms with Gasteiger partial charge in [0.2, 0.25) is 11.8 Å². The second-order valence-corrected chi connectivity index (χ2v) is 9.09. The van der Waals surface area contributed by atoms with Gasteiger partial charge in [-0.3, -0.25) is 9.59 Å². The maximum atomic E-state index is 12.7. The van der Waals surface area contributed by atoms with Crippen LogP contribution < -0.4 is 5.32 Å². The second kappa shape index (κ2) is 9.10. The first-order valence-corrected chi connectivity index (χ1v) is 11.3. The SMILES string of the molecule is C=CC(=O)N1CC(NC(=O)Cn2cc(C(C)Cc3ccccc3)c3cc(Br)ccc32)C1. The highest BCUT2D eigenvalue weighted by molar-refractivity contribution is 9.10. The van der Waals surface area contributed by atoms with Crippen molar-refractivity contribution < 1.29 is 9.59 Å². The van der Waals surface area contributed by atoms with Crippen LogP contribution in [0.4, 0.5) is 0 Å². The number of carbonyl (C=O) groups excluding carboxylic acids is 2. The maximum absolute atomic E-state index is 12.7. The van der Waals surface area contributed by atoms with Crippen molar-refractivity contribution in [3.05, 3.63) is 83.0 Å². The van der Waals surface area contributed by atoms with E-state index < -0.39 is 0 Å². The third-order valence-corrected chi connectivity index (χ3v) is 6.33. The quantitative estimate of drug-likeness (QED) is 0.514. The van der Waals surface area contributed by atoms with Crippen LogP contribution in [0.1, 0.15) is 24.0 Å². The molecule has 0 bridgehead atoms. The van der Waals surface area contributed by atoms with E-state index >= 15 is 0 Å². The van der Waals surface area contributed by atoms with Gasteiger partial charge in [-0.25, -0.2) is 0 Å². The first kappa shape index (κ1) is 21.4. The van der Waals surface area contributed by atoms with Gasteiger partial charge in [-0.05, 0) is 47.7 Å². The Hall–Kier alpha value is -2.86. The third kappa shape index (κ3) is 4.74. The molecule has 1 fully saturated rings. The van der Waals surface area contributed by atoms with Gasteiger partial charge in [0, 0.05) is 34.7 Å². The van der Waals surface area contributed by atoms with Crippen LogP contribution in [0.3, 0.4) is 0 Å². The summed E-state index contributed by atoms with van der Waals surface area (Å²) in [5, 5.41) is 4.19. The van der Waals surface area contributed by atoms with E-state index in [0.717, 1.165) is 21.8 Å². The lowest BCUT2D eigenvalue weighted by Crippen LogP contribution is -2.61. The lowest BCUT2D eigenvalue weighted by Gasteiger charge is -2.38. The summed E-state index contributed by atoms with van der Waals surface area (Å²) < 4.78 is 3.05. The minimum Gasteiger partial charge on any atom is -0.348 e. The van der Waals surface area contributed by atoms with E-state index in [1.165, 1.54) is 17.2 Å². The molecule has 1 aliphatic rings. The van der Waals surface area contributed by atoms with Crippen LogP contribution in [-0.4, -0.2) is 40.4 Å². The molecule has 3 aromatic rings. The van der Waals surface area contributed by atoms with Crippen molar-refractivity contribution in [3.63, 3.8) is 0 Å². The van der Waals surface area contributed by atoms with Crippen molar-refractivity contribution >= 4 is 38.6 Å². The number of hydrogen-bond donors (Lipinski definition) is 1. The Morgan fingerprint density at radius 2 is 1.97 bits per heavy atom. The first-order valence-electron chi connectivity index (χ1n) is 10.5. The number of fused-ring (bicyclic) bond motifs is 1. The van der Waals surface area contributed by atoms with Crippen molar-refractivity contribution in [2.45, 2.75) is 31.8 Å². The normalized spacial score (nSPS) is 14.8. The molecule has 1 saturated heterocycles. The Kier molecular flexibility index (Phi) is 6.28. The van der Waals surface area contributed by atoms with Crippen LogP contribution >= 0.6 is 15.9 Å². The summed E-state index contributed by atoms with van der Waals surface area (Å²) in [4.78, 5) is 25.9. The Morgan fingerprint density at radius 1 is 1.23 bits per heavy atom. The van der Waals surface area contributed by atoms with E-state index in [0.29, 0.717) is 19.0 Å². The molecule has 0 saturated carbocycles. The second-order valence-electron chi connectivity index (χ2n) is 8.18. The smallest absolute Gasteiger partial charge is 0.246 e. The molecule has 1 aliphatic heterocycles. The molecular formula is C25H26BrN3O2. The number of benzene rings is 2. The predicted molar refractivity (Wildman–Crippen MR) is 127 cm³/mol. The van der Waals surface area contributed by atoms with Crippen LogP contribution in [0.5, 0.6) is 0 Å². The lowest BCUT2D eigenvalue weighted by molar-refractivity contribution is -0.133. The minimum atomic E-state index is -0.0930. The summed E-state index contributed by atoms with van der Waals surface area (Å²) in [7, 11) is 0. The average Bonchev–Trinajstić information content (AvgIpc) is 3.08. The fraction of sp³-hybridized carbons (Fsp3) is 0.280. The zero-order valence-electron chi connectivity index (χ0n) is 17.6. The number of rotatable bonds is 7. The summed E-state index contributed by atoms with van der Waals surface area (Å²) in [6.45, 7) is 7.05. The van der Waals surface area contributed by atoms with Gasteiger partial charge in [0.25, 0.3) is 0 Å². The summed E-state index contributed by atoms with van der Waals surface area (Å²) in [6.07, 6.45) is 4.35. The highest BCUT2D eigenvalue weighted by Gasteiger charge is 2.30. The number of hydrogen-bond acceptors (Lipinski definition) is 2. The lowest BCUT2D eigenvalue weighted by atomic mass is 9.93. The van der Waals surface area contributed by atoms with Crippen molar-refractivity contribution in [1.82, 2.24) is 14.8 Å². The largest absolute Gasteiger partial charge is 0.348 e. The summed E-state index contributed by atoms with van der Waals surface area (Å²) in [5.74, 6) is 0.177. The zero-order valence-corrected chi connectivity index (χ0v) is 19.1. The summed E-state index contributed by atoms with van der Waals surface area (Å²) in [5.41, 5.74) is 3.58. The average molecular weight is 480 g/mol. The molecule has 160 valence electrons. The molecule has 4 rings (SSSR count). The predicted octanol–water partition coefficient (Wildman–Crippen LogP) is 4.26. The van der Waals surface area contributed by atoms with E-state index in [-0.39, 0.29) is 24.4 Å². The van der Waals surface area contributed by atoms with Crippen LogP contribution in [0.15, 0.2) is 71.9 Å². The van der Waals surface area contributed by atoms with Gasteiger partial charge in [0.1, 0.15) is 6.54 Å². The zero-order chi connectivity index (χ0) is 22.0. The van der Waals surface area contributed by atoms with Crippen LogP contribution in [0.25, 0.3) is 10.9 Å². The van der Waals surface area contributed by atoms with Crippen molar-refractivity contribution in [3.8, 4) is 0 Å². The Bertz CT molecular complexity index is 1120. The molecule has 0 aliphatic carbocycles. The van der Waals surface area contributed by atoms with Gasteiger partial charge in [-0.2, -0.15) is 0 Å². The molecule has 5 nitrogen and oxygen atoms in total. The van der Waals surface area contributed by atoms with Gasteiger partial charge >= 0.3 is 0 Å². The van der Waals surface area contributed by atoms with Gasteiger partial charge in [-0.15, -0.1) is 0 Å². The van der Waals surface area contributed by atoms with Gasteiger partial charge in [0.05, 0.1) is 6.04 Å². The number of amides is 2. The van der Waals surface area contributed by atoms with E-state index in [1.807, 2.05) is 16.7 Å². The molecular weight excluding hydrogens is 454 g/mol. The van der Waals surface area contributed by atoms with Crippen molar-refractivity contribution in [2.75, 3.05) is 13.1 Å². The molecule has 0 spiro atoms. The number of likely N-dealkylation sites (tertiary alicyclic amines) is 1. The van der Waals surface area contributed by atoms with Crippen molar-refractivity contribution in [1.29, 1.82) is 0 Å². The molecule has 2 heterocycles. The van der Waals surface area contributed by atoms with E-state index in [4.69, 9.17) is 0 Å². The molecule has 6 heteroatoms. The standard InChI is InChI=1S/C25H26BrN3O2/c1-3-25(31)29-13-20(14-29)27-24(30)16-28-15-22(21-12-19(26)9-10-23(21)28)17(2)11-18-7-5-4-6-8-18/h3-10,12,15,17,20H,1,11,13-14,16H2,2H3,(H,27,30). The first-order chi connectivity index (χ1) is 14.9. The van der Waals surface area contributed by atoms with E-state index in [9.17, 15) is 9.59 Å². The molecule has 2 amide bonds. The maximum Gasteiger partial charge on any atom is 0.246 e. The number of halogens is 1. The summed E-state index contributed by atoms with van der Waals surface area (Å²) >= 11 is 3.59. The molecule has 1 N–H and O–H groups in total. The number of nitrogens with zero attached hydrogens (tertiary/aromatic N) is 2. The van der Waals surface area contributed by atoms with Gasteiger partial charge < -0.3 is 14.8 Å². The van der Waals surface area contributed by atoms with Crippen LogP contribution in [-0.2, 0) is 22.6 Å². The molecule has 1 unspecified atom stereocenters. The molecule has 1 aromatic heterocycles. The van der Waals surface area contributed by atoms with E-state index in [1.54, 1.807) is 4.90 Å². The van der Waals surface area contributed by atoms with Crippen LogP contribution in [0, 0.1) is 0 Å². The van der Waals surface area contributed by atoms with Crippen molar-refractivity contribution in [2.24, 2.45) is 0 Å². The Labute approximate surface area is 190 Å². The monoisotopic (exact) mass is 479 g/mol. The molecule has 31 heavy (non-hydrogen) atoms. The molecule has 2 aromatic carbocycles. The van der Waals surface area contributed by atoms with E-state index in [2.05, 4.69) is 77.3 Å². The molecule has 1 atom stereocenters. The Balaban J connectivity index is 1.50. The topological polar surface area (TPSA) is 54.3 Å². The van der Waals surface area contributed by atoms with Gasteiger partial charge in [0.15, 0.2) is 0 Å². The fourth-order valence-corrected chi connectivity index (χ4v) is 4.57. The molecule has 0 radical (unpaired) electrons. The summed E-state index contributed by atoms with van der Waals surface area (Å²) in [6, 6.07) is 16.7. The Morgan fingerprint density at radius 3 is 2.68 bits per heavy atom. The fourth-order valence-electron chi connectivity index (χ4n) is 4.20. The number of carbonyl (C=O) groups is 2. The van der Waals surface area contributed by atoms with Crippen LogP contribution in [0.2, 0.25) is 0 Å². The number of aromatic nitrogens is 1. The third-order valence-electron chi connectivity index (χ3n) is 5.84. The highest BCUT2D eigenvalue weighted by Crippen LogP contribution is 2.32. The minimum absolute atomic E-state index is 0.00356. The number of nitrogens with one attached hydrogen (secondary N) is 1.